The zero-order chi connectivity index (χ0) is 12.4. The Kier molecular flexibility index (Phi) is 4.22. The highest BCUT2D eigenvalue weighted by Crippen LogP contribution is 2.28. The molecule has 0 bridgehead atoms. The third-order valence-electron chi connectivity index (χ3n) is 5.41. The fraction of sp³-hybridized carbons (Fsp3) is 1.00. The van der Waals surface area contributed by atoms with Crippen LogP contribution in [-0.2, 0) is 0 Å². The van der Waals surface area contributed by atoms with Crippen molar-refractivity contribution < 1.29 is 0 Å². The molecule has 0 amide bonds. The van der Waals surface area contributed by atoms with E-state index in [1.165, 1.54) is 71.2 Å². The van der Waals surface area contributed by atoms with Crippen molar-refractivity contribution in [2.24, 2.45) is 5.92 Å². The molecule has 1 saturated carbocycles. The molecule has 18 heavy (non-hydrogen) atoms. The van der Waals surface area contributed by atoms with Gasteiger partial charge >= 0.3 is 0 Å². The average Bonchev–Trinajstić information content (AvgIpc) is 2.95. The summed E-state index contributed by atoms with van der Waals surface area (Å²) in [5.41, 5.74) is 0. The van der Waals surface area contributed by atoms with Gasteiger partial charge < -0.3 is 10.2 Å². The molecule has 3 heteroatoms. The molecule has 0 radical (unpaired) electrons. The van der Waals surface area contributed by atoms with E-state index in [2.05, 4.69) is 22.2 Å². The molecule has 104 valence electrons. The van der Waals surface area contributed by atoms with Gasteiger partial charge in [-0.15, -0.1) is 0 Å². The molecule has 0 aromatic rings. The highest BCUT2D eigenvalue weighted by atomic mass is 15.3. The summed E-state index contributed by atoms with van der Waals surface area (Å²) in [5.74, 6) is 0.906. The monoisotopic (exact) mass is 251 g/mol. The lowest BCUT2D eigenvalue weighted by atomic mass is 10.0. The SMILES string of the molecule is CNC1CCCC1CN1CCCN2CCCC2C1. The van der Waals surface area contributed by atoms with Crippen molar-refractivity contribution in [2.45, 2.75) is 50.6 Å². The van der Waals surface area contributed by atoms with Crippen molar-refractivity contribution in [1.29, 1.82) is 0 Å². The van der Waals surface area contributed by atoms with Crippen molar-refractivity contribution in [3.05, 3.63) is 0 Å². The third-order valence-corrected chi connectivity index (χ3v) is 5.41. The first-order valence-electron chi connectivity index (χ1n) is 8.00. The molecule has 2 saturated heterocycles. The van der Waals surface area contributed by atoms with Crippen LogP contribution in [0, 0.1) is 5.92 Å². The molecule has 1 N–H and O–H groups in total. The summed E-state index contributed by atoms with van der Waals surface area (Å²) < 4.78 is 0. The van der Waals surface area contributed by atoms with Crippen molar-refractivity contribution in [3.8, 4) is 0 Å². The zero-order valence-electron chi connectivity index (χ0n) is 11.9. The summed E-state index contributed by atoms with van der Waals surface area (Å²) >= 11 is 0. The largest absolute Gasteiger partial charge is 0.317 e. The van der Waals surface area contributed by atoms with Gasteiger partial charge in [-0.1, -0.05) is 6.42 Å². The van der Waals surface area contributed by atoms with E-state index in [-0.39, 0.29) is 0 Å². The molecule has 2 heterocycles. The van der Waals surface area contributed by atoms with Crippen LogP contribution in [0.15, 0.2) is 0 Å². The van der Waals surface area contributed by atoms with Gasteiger partial charge in [-0.2, -0.15) is 0 Å². The van der Waals surface area contributed by atoms with E-state index < -0.39 is 0 Å². The van der Waals surface area contributed by atoms with Crippen LogP contribution < -0.4 is 5.32 Å². The van der Waals surface area contributed by atoms with Gasteiger partial charge in [-0.3, -0.25) is 4.90 Å². The first-order valence-corrected chi connectivity index (χ1v) is 8.00. The van der Waals surface area contributed by atoms with Gasteiger partial charge in [0.25, 0.3) is 0 Å². The summed E-state index contributed by atoms with van der Waals surface area (Å²) in [5, 5.41) is 3.53. The van der Waals surface area contributed by atoms with Gasteiger partial charge in [0.2, 0.25) is 0 Å². The Labute approximate surface area is 112 Å². The molecule has 0 aromatic carbocycles. The van der Waals surface area contributed by atoms with Gasteiger partial charge in [0.1, 0.15) is 0 Å². The Bertz CT molecular complexity index is 268. The van der Waals surface area contributed by atoms with E-state index in [0.29, 0.717) is 0 Å². The summed E-state index contributed by atoms with van der Waals surface area (Å²) in [6.45, 7) is 6.73. The van der Waals surface area contributed by atoms with Crippen molar-refractivity contribution in [2.75, 3.05) is 39.8 Å². The Morgan fingerprint density at radius 1 is 1.00 bits per heavy atom. The lowest BCUT2D eigenvalue weighted by Crippen LogP contribution is -2.41. The van der Waals surface area contributed by atoms with Crippen molar-refractivity contribution >= 4 is 0 Å². The standard InChI is InChI=1S/C15H29N3/c1-16-15-7-2-5-13(15)11-17-8-4-10-18-9-3-6-14(18)12-17/h13-16H,2-12H2,1H3. The number of fused-ring (bicyclic) bond motifs is 1. The second-order valence-corrected chi connectivity index (χ2v) is 6.53. The predicted molar refractivity (Wildman–Crippen MR) is 75.8 cm³/mol. The Morgan fingerprint density at radius 2 is 1.89 bits per heavy atom. The fourth-order valence-corrected chi connectivity index (χ4v) is 4.42. The summed E-state index contributed by atoms with van der Waals surface area (Å²) in [4.78, 5) is 5.51. The van der Waals surface area contributed by atoms with E-state index in [1.54, 1.807) is 0 Å². The van der Waals surface area contributed by atoms with Crippen LogP contribution in [0.2, 0.25) is 0 Å². The van der Waals surface area contributed by atoms with Crippen molar-refractivity contribution in [3.63, 3.8) is 0 Å². The number of hydrogen-bond acceptors (Lipinski definition) is 3. The molecular weight excluding hydrogens is 222 g/mol. The molecule has 3 atom stereocenters. The maximum Gasteiger partial charge on any atom is 0.0223 e. The molecule has 0 spiro atoms. The topological polar surface area (TPSA) is 18.5 Å². The fourth-order valence-electron chi connectivity index (χ4n) is 4.42. The first kappa shape index (κ1) is 12.9. The minimum absolute atomic E-state index is 0.785. The molecule has 3 aliphatic rings. The number of nitrogens with one attached hydrogen (secondary N) is 1. The van der Waals surface area contributed by atoms with Gasteiger partial charge in [0.05, 0.1) is 0 Å². The highest BCUT2D eigenvalue weighted by Gasteiger charge is 2.32. The normalized spacial score (nSPS) is 38.8. The third kappa shape index (κ3) is 2.73. The number of rotatable bonds is 3. The van der Waals surface area contributed by atoms with Gasteiger partial charge in [0.15, 0.2) is 0 Å². The Morgan fingerprint density at radius 3 is 2.78 bits per heavy atom. The van der Waals surface area contributed by atoms with E-state index in [4.69, 9.17) is 0 Å². The van der Waals surface area contributed by atoms with Crippen LogP contribution in [0.25, 0.3) is 0 Å². The summed E-state index contributed by atoms with van der Waals surface area (Å²) in [6, 6.07) is 1.66. The summed E-state index contributed by atoms with van der Waals surface area (Å²) in [6.07, 6.45) is 8.52. The first-order chi connectivity index (χ1) is 8.86. The predicted octanol–water partition coefficient (Wildman–Crippen LogP) is 1.54. The quantitative estimate of drug-likeness (QED) is 0.821. The molecule has 3 unspecified atom stereocenters. The second-order valence-electron chi connectivity index (χ2n) is 6.53. The van der Waals surface area contributed by atoms with Crippen LogP contribution in [0.5, 0.6) is 0 Å². The van der Waals surface area contributed by atoms with Crippen LogP contribution >= 0.6 is 0 Å². The van der Waals surface area contributed by atoms with E-state index in [0.717, 1.165) is 18.0 Å². The average molecular weight is 251 g/mol. The molecular formula is C15H29N3. The molecule has 3 fully saturated rings. The second kappa shape index (κ2) is 5.89. The highest BCUT2D eigenvalue weighted by molar-refractivity contribution is 4.89. The van der Waals surface area contributed by atoms with E-state index >= 15 is 0 Å². The smallest absolute Gasteiger partial charge is 0.0223 e. The maximum atomic E-state index is 3.53. The Hall–Kier alpha value is -0.120. The van der Waals surface area contributed by atoms with Crippen LogP contribution in [0.3, 0.4) is 0 Å². The van der Waals surface area contributed by atoms with Crippen LogP contribution in [-0.4, -0.2) is 61.7 Å². The number of nitrogens with zero attached hydrogens (tertiary/aromatic N) is 2. The summed E-state index contributed by atoms with van der Waals surface area (Å²) in [7, 11) is 2.14. The molecule has 3 rings (SSSR count). The minimum atomic E-state index is 0.785. The van der Waals surface area contributed by atoms with Gasteiger partial charge in [-0.05, 0) is 64.7 Å². The number of hydrogen-bond donors (Lipinski definition) is 1. The van der Waals surface area contributed by atoms with Crippen LogP contribution in [0.4, 0.5) is 0 Å². The molecule has 0 aromatic heterocycles. The van der Waals surface area contributed by atoms with E-state index in [9.17, 15) is 0 Å². The Balaban J connectivity index is 1.55. The van der Waals surface area contributed by atoms with Gasteiger partial charge in [-0.25, -0.2) is 0 Å². The molecule has 2 aliphatic heterocycles. The van der Waals surface area contributed by atoms with Crippen molar-refractivity contribution in [1.82, 2.24) is 15.1 Å². The van der Waals surface area contributed by atoms with Gasteiger partial charge in [0, 0.05) is 25.2 Å². The lowest BCUT2D eigenvalue weighted by molar-refractivity contribution is 0.190. The maximum absolute atomic E-state index is 3.53. The lowest BCUT2D eigenvalue weighted by Gasteiger charge is -2.29. The minimum Gasteiger partial charge on any atom is -0.317 e. The molecule has 3 nitrogen and oxygen atoms in total. The zero-order valence-corrected chi connectivity index (χ0v) is 11.9. The van der Waals surface area contributed by atoms with E-state index in [1.807, 2.05) is 0 Å². The molecule has 1 aliphatic carbocycles. The van der Waals surface area contributed by atoms with Crippen LogP contribution in [0.1, 0.15) is 38.5 Å².